The number of hydrogen-bond donors (Lipinski definition) is 1. The molecule has 6 heteroatoms. The molecule has 0 aliphatic carbocycles. The number of sulfonamides is 1. The zero-order chi connectivity index (χ0) is 16.6. The first-order valence-electron chi connectivity index (χ1n) is 6.83. The third-order valence-corrected chi connectivity index (χ3v) is 5.09. The Labute approximate surface area is 143 Å². The van der Waals surface area contributed by atoms with Crippen LogP contribution >= 0.6 is 15.9 Å². The Kier molecular flexibility index (Phi) is 4.14. The molecular weight excluding hydrogens is 378 g/mol. The molecule has 0 saturated heterocycles. The Bertz CT molecular complexity index is 943. The van der Waals surface area contributed by atoms with Gasteiger partial charge in [-0.15, -0.1) is 0 Å². The van der Waals surface area contributed by atoms with Crippen LogP contribution in [0.25, 0.3) is 22.3 Å². The van der Waals surface area contributed by atoms with Crippen molar-refractivity contribution in [2.75, 3.05) is 0 Å². The molecule has 3 aromatic rings. The largest absolute Gasteiger partial charge is 0.456 e. The summed E-state index contributed by atoms with van der Waals surface area (Å²) >= 11 is 3.43. The van der Waals surface area contributed by atoms with E-state index in [1.165, 1.54) is 17.7 Å². The minimum absolute atomic E-state index is 0.0840. The Hall–Kier alpha value is -1.89. The lowest BCUT2D eigenvalue weighted by molar-refractivity contribution is 0.543. The average molecular weight is 392 g/mol. The van der Waals surface area contributed by atoms with Crippen molar-refractivity contribution in [1.29, 1.82) is 0 Å². The van der Waals surface area contributed by atoms with Crippen molar-refractivity contribution in [1.82, 2.24) is 0 Å². The second kappa shape index (κ2) is 5.96. The highest BCUT2D eigenvalue weighted by Gasteiger charge is 2.16. The summed E-state index contributed by atoms with van der Waals surface area (Å²) in [6, 6.07) is 14.5. The van der Waals surface area contributed by atoms with Crippen molar-refractivity contribution in [3.63, 3.8) is 0 Å². The van der Waals surface area contributed by atoms with Crippen molar-refractivity contribution in [3.05, 3.63) is 65.0 Å². The molecule has 0 aliphatic rings. The van der Waals surface area contributed by atoms with Gasteiger partial charge in [-0.25, -0.2) is 13.6 Å². The van der Waals surface area contributed by atoms with E-state index in [0.29, 0.717) is 4.67 Å². The Morgan fingerprint density at radius 2 is 1.52 bits per heavy atom. The van der Waals surface area contributed by atoms with Crippen molar-refractivity contribution >= 4 is 26.0 Å². The van der Waals surface area contributed by atoms with Crippen LogP contribution in [0.15, 0.2) is 68.8 Å². The van der Waals surface area contributed by atoms with Crippen LogP contribution in [0.2, 0.25) is 0 Å². The lowest BCUT2D eigenvalue weighted by atomic mass is 9.98. The molecule has 0 saturated carbocycles. The molecular formula is C17H14BrNO3S. The van der Waals surface area contributed by atoms with Crippen molar-refractivity contribution in [2.45, 2.75) is 11.8 Å². The monoisotopic (exact) mass is 391 g/mol. The van der Waals surface area contributed by atoms with E-state index in [2.05, 4.69) is 15.9 Å². The minimum Gasteiger partial charge on any atom is -0.456 e. The van der Waals surface area contributed by atoms with Gasteiger partial charge >= 0.3 is 0 Å². The number of nitrogens with two attached hydrogens (primary N) is 1. The summed E-state index contributed by atoms with van der Waals surface area (Å²) in [5.74, 6) is 0. The molecule has 3 rings (SSSR count). The van der Waals surface area contributed by atoms with Gasteiger partial charge in [0.25, 0.3) is 0 Å². The fraction of sp³-hybridized carbons (Fsp3) is 0.0588. The zero-order valence-corrected chi connectivity index (χ0v) is 14.7. The summed E-state index contributed by atoms with van der Waals surface area (Å²) in [6.07, 6.45) is 1.64. The lowest BCUT2D eigenvalue weighted by Crippen LogP contribution is -2.11. The van der Waals surface area contributed by atoms with Crippen molar-refractivity contribution in [2.24, 2.45) is 5.14 Å². The summed E-state index contributed by atoms with van der Waals surface area (Å²) in [6.45, 7) is 2.03. The van der Waals surface area contributed by atoms with Gasteiger partial charge in [0.1, 0.15) is 6.26 Å². The molecule has 0 radical (unpaired) electrons. The van der Waals surface area contributed by atoms with E-state index in [1.807, 2.05) is 31.2 Å². The van der Waals surface area contributed by atoms with Gasteiger partial charge in [-0.2, -0.15) is 0 Å². The third kappa shape index (κ3) is 3.24. The number of hydrogen-bond acceptors (Lipinski definition) is 3. The number of primary sulfonamides is 1. The van der Waals surface area contributed by atoms with Gasteiger partial charge in [0.15, 0.2) is 4.67 Å². The molecule has 2 N–H and O–H groups in total. The number of rotatable bonds is 3. The predicted octanol–water partition coefficient (Wildman–Crippen LogP) is 4.33. The maximum Gasteiger partial charge on any atom is 0.238 e. The number of benzene rings is 2. The smallest absolute Gasteiger partial charge is 0.238 e. The maximum atomic E-state index is 11.4. The van der Waals surface area contributed by atoms with E-state index in [-0.39, 0.29) is 4.90 Å². The first-order chi connectivity index (χ1) is 10.9. The molecule has 1 heterocycles. The first kappa shape index (κ1) is 16.0. The Morgan fingerprint density at radius 3 is 2.09 bits per heavy atom. The minimum atomic E-state index is -3.70. The highest BCUT2D eigenvalue weighted by molar-refractivity contribution is 9.10. The molecule has 4 nitrogen and oxygen atoms in total. The zero-order valence-electron chi connectivity index (χ0n) is 12.3. The lowest BCUT2D eigenvalue weighted by Gasteiger charge is -2.06. The first-order valence-corrected chi connectivity index (χ1v) is 9.17. The molecule has 0 unspecified atom stereocenters. The van der Waals surface area contributed by atoms with Crippen LogP contribution in [-0.4, -0.2) is 8.42 Å². The fourth-order valence-electron chi connectivity index (χ4n) is 2.36. The molecule has 0 spiro atoms. The van der Waals surface area contributed by atoms with Crippen LogP contribution in [0.1, 0.15) is 5.56 Å². The summed E-state index contributed by atoms with van der Waals surface area (Å²) in [4.78, 5) is 0.0840. The van der Waals surface area contributed by atoms with Gasteiger partial charge in [0, 0.05) is 11.1 Å². The topological polar surface area (TPSA) is 73.3 Å². The SMILES string of the molecule is Cc1ccc(-c2c(-c3ccc(S(N)(=O)=O)cc3)coc2Br)cc1. The van der Waals surface area contributed by atoms with Gasteiger partial charge in [-0.3, -0.25) is 0 Å². The maximum absolute atomic E-state index is 11.4. The van der Waals surface area contributed by atoms with E-state index in [0.717, 1.165) is 22.3 Å². The average Bonchev–Trinajstić information content (AvgIpc) is 2.89. The number of aryl methyl sites for hydroxylation is 1. The van der Waals surface area contributed by atoms with Crippen LogP contribution in [-0.2, 0) is 10.0 Å². The fourth-order valence-corrected chi connectivity index (χ4v) is 3.41. The van der Waals surface area contributed by atoms with E-state index in [4.69, 9.17) is 9.56 Å². The predicted molar refractivity (Wildman–Crippen MR) is 93.4 cm³/mol. The highest BCUT2D eigenvalue weighted by atomic mass is 79.9. The van der Waals surface area contributed by atoms with E-state index in [1.54, 1.807) is 18.4 Å². The molecule has 0 aliphatic heterocycles. The second-order valence-corrected chi connectivity index (χ2v) is 7.52. The summed E-state index contributed by atoms with van der Waals surface area (Å²) < 4.78 is 28.9. The van der Waals surface area contributed by atoms with Gasteiger partial charge < -0.3 is 4.42 Å². The molecule has 118 valence electrons. The van der Waals surface area contributed by atoms with Gasteiger partial charge in [-0.1, -0.05) is 42.0 Å². The normalized spacial score (nSPS) is 11.6. The van der Waals surface area contributed by atoms with Crippen LogP contribution in [0.4, 0.5) is 0 Å². The van der Waals surface area contributed by atoms with Crippen LogP contribution < -0.4 is 5.14 Å². The van der Waals surface area contributed by atoms with Gasteiger partial charge in [0.2, 0.25) is 10.0 Å². The van der Waals surface area contributed by atoms with Crippen LogP contribution in [0.3, 0.4) is 0 Å². The Morgan fingerprint density at radius 1 is 0.957 bits per heavy atom. The van der Waals surface area contributed by atoms with Crippen LogP contribution in [0, 0.1) is 6.92 Å². The van der Waals surface area contributed by atoms with Crippen molar-refractivity contribution in [3.8, 4) is 22.3 Å². The Balaban J connectivity index is 2.10. The van der Waals surface area contributed by atoms with Gasteiger partial charge in [-0.05, 0) is 46.1 Å². The highest BCUT2D eigenvalue weighted by Crippen LogP contribution is 2.39. The van der Waals surface area contributed by atoms with E-state index in [9.17, 15) is 8.42 Å². The summed E-state index contributed by atoms with van der Waals surface area (Å²) in [5, 5.41) is 5.13. The molecule has 2 aromatic carbocycles. The van der Waals surface area contributed by atoms with E-state index < -0.39 is 10.0 Å². The van der Waals surface area contributed by atoms with Crippen LogP contribution in [0.5, 0.6) is 0 Å². The van der Waals surface area contributed by atoms with Gasteiger partial charge in [0.05, 0.1) is 4.90 Å². The number of furan rings is 1. The summed E-state index contributed by atoms with van der Waals surface area (Å²) in [5.41, 5.74) is 4.84. The second-order valence-electron chi connectivity index (χ2n) is 5.23. The molecule has 1 aromatic heterocycles. The molecule has 0 bridgehead atoms. The molecule has 23 heavy (non-hydrogen) atoms. The molecule has 0 amide bonds. The molecule has 0 atom stereocenters. The molecule has 0 fully saturated rings. The van der Waals surface area contributed by atoms with Crippen molar-refractivity contribution < 1.29 is 12.8 Å². The third-order valence-electron chi connectivity index (χ3n) is 3.58. The number of halogens is 1. The summed E-state index contributed by atoms with van der Waals surface area (Å²) in [7, 11) is -3.70. The quantitative estimate of drug-likeness (QED) is 0.721. The van der Waals surface area contributed by atoms with E-state index >= 15 is 0 Å². The standard InChI is InChI=1S/C17H14BrNO3S/c1-11-2-4-13(5-3-11)16-15(10-22-17(16)18)12-6-8-14(9-7-12)23(19,20)21/h2-10H,1H3,(H2,19,20,21).